The lowest BCUT2D eigenvalue weighted by atomic mass is 9.48. The van der Waals surface area contributed by atoms with Crippen LogP contribution in [0, 0.1) is 34.5 Å². The third-order valence-electron chi connectivity index (χ3n) is 11.0. The minimum atomic E-state index is -4.87. The van der Waals surface area contributed by atoms with Crippen LogP contribution < -0.4 is 0 Å². The van der Waals surface area contributed by atoms with E-state index in [9.17, 15) is 28.8 Å². The molecular formula is C27H44O10S. The van der Waals surface area contributed by atoms with Crippen molar-refractivity contribution in [3.8, 4) is 0 Å². The van der Waals surface area contributed by atoms with Gasteiger partial charge in [-0.1, -0.05) is 25.5 Å². The molecule has 4 fully saturated rings. The number of fused-ring (bicyclic) bond motifs is 5. The molecule has 11 heteroatoms. The van der Waals surface area contributed by atoms with Crippen molar-refractivity contribution in [1.82, 2.24) is 0 Å². The average molecular weight is 561 g/mol. The van der Waals surface area contributed by atoms with Crippen molar-refractivity contribution in [3.05, 3.63) is 11.6 Å². The van der Waals surface area contributed by atoms with Crippen LogP contribution in [0.4, 0.5) is 0 Å². The van der Waals surface area contributed by atoms with E-state index in [1.54, 1.807) is 0 Å². The van der Waals surface area contributed by atoms with Crippen molar-refractivity contribution in [2.24, 2.45) is 34.5 Å². The van der Waals surface area contributed by atoms with Gasteiger partial charge in [-0.05, 0) is 93.3 Å². The Morgan fingerprint density at radius 2 is 1.79 bits per heavy atom. The number of rotatable bonds is 5. The van der Waals surface area contributed by atoms with Gasteiger partial charge in [-0.25, -0.2) is 4.18 Å². The average Bonchev–Trinajstić information content (AvgIpc) is 3.18. The first kappa shape index (κ1) is 28.9. The molecule has 4 aliphatic carbocycles. The number of ether oxygens (including phenoxy) is 2. The topological polar surface area (TPSA) is 163 Å². The summed E-state index contributed by atoms with van der Waals surface area (Å²) in [5.74, 6) is 0.814. The summed E-state index contributed by atoms with van der Waals surface area (Å²) in [7, 11) is -4.87. The molecule has 0 unspecified atom stereocenters. The molecule has 1 heterocycles. The molecule has 0 bridgehead atoms. The zero-order valence-electron chi connectivity index (χ0n) is 22.6. The van der Waals surface area contributed by atoms with Gasteiger partial charge in [0.15, 0.2) is 6.29 Å². The summed E-state index contributed by atoms with van der Waals surface area (Å²) in [6.45, 7) is 7.93. The lowest BCUT2D eigenvalue weighted by molar-refractivity contribution is -0.312. The van der Waals surface area contributed by atoms with Crippen molar-refractivity contribution in [2.45, 2.75) is 122 Å². The Hall–Kier alpha value is -0.630. The monoisotopic (exact) mass is 560 g/mol. The van der Waals surface area contributed by atoms with E-state index in [0.717, 1.165) is 25.7 Å². The third-order valence-corrected chi connectivity index (χ3v) is 11.4. The second kappa shape index (κ2) is 10.0. The molecule has 14 atom stereocenters. The van der Waals surface area contributed by atoms with Gasteiger partial charge in [0.05, 0.1) is 24.4 Å². The molecule has 1 saturated heterocycles. The molecule has 5 N–H and O–H groups in total. The molecule has 1 aliphatic heterocycles. The molecule has 0 aromatic carbocycles. The van der Waals surface area contributed by atoms with Crippen molar-refractivity contribution < 1.29 is 47.1 Å². The van der Waals surface area contributed by atoms with Gasteiger partial charge in [0.25, 0.3) is 0 Å². The molecule has 10 nitrogen and oxygen atoms in total. The Bertz CT molecular complexity index is 1030. The van der Waals surface area contributed by atoms with Crippen LogP contribution >= 0.6 is 0 Å². The molecule has 0 radical (unpaired) electrons. The summed E-state index contributed by atoms with van der Waals surface area (Å²) in [6, 6.07) is 0. The first-order valence-electron chi connectivity index (χ1n) is 14.0. The predicted molar refractivity (Wildman–Crippen MR) is 136 cm³/mol. The van der Waals surface area contributed by atoms with Crippen molar-refractivity contribution in [3.63, 3.8) is 0 Å². The molecule has 218 valence electrons. The maximum Gasteiger partial charge on any atom is 0.397 e. The first-order valence-corrected chi connectivity index (χ1v) is 15.4. The summed E-state index contributed by atoms with van der Waals surface area (Å²) >= 11 is 0. The molecular weight excluding hydrogens is 516 g/mol. The fraction of sp³-hybridized carbons (Fsp3) is 0.926. The van der Waals surface area contributed by atoms with E-state index in [2.05, 4.69) is 24.1 Å². The van der Waals surface area contributed by atoms with Crippen molar-refractivity contribution in [2.75, 3.05) is 0 Å². The van der Waals surface area contributed by atoms with Crippen LogP contribution in [-0.2, 0) is 24.1 Å². The normalized spacial score (nSPS) is 51.9. The van der Waals surface area contributed by atoms with Crippen LogP contribution in [0.25, 0.3) is 0 Å². The molecule has 38 heavy (non-hydrogen) atoms. The highest BCUT2D eigenvalue weighted by Gasteiger charge is 2.61. The summed E-state index contributed by atoms with van der Waals surface area (Å²) in [5.41, 5.74) is 1.22. The summed E-state index contributed by atoms with van der Waals surface area (Å²) in [4.78, 5) is 0. The molecule has 0 amide bonds. The van der Waals surface area contributed by atoms with Crippen molar-refractivity contribution in [1.29, 1.82) is 0 Å². The van der Waals surface area contributed by atoms with Gasteiger partial charge in [0.2, 0.25) is 0 Å². The van der Waals surface area contributed by atoms with Crippen LogP contribution in [0.2, 0.25) is 0 Å². The second-order valence-electron chi connectivity index (χ2n) is 13.0. The highest BCUT2D eigenvalue weighted by atomic mass is 32.3. The lowest BCUT2D eigenvalue weighted by Crippen LogP contribution is -2.61. The largest absolute Gasteiger partial charge is 0.397 e. The smallest absolute Gasteiger partial charge is 0.393 e. The van der Waals surface area contributed by atoms with Crippen LogP contribution in [0.5, 0.6) is 0 Å². The number of aliphatic hydroxyl groups is 4. The lowest BCUT2D eigenvalue weighted by Gasteiger charge is -2.59. The minimum Gasteiger partial charge on any atom is -0.393 e. The van der Waals surface area contributed by atoms with Gasteiger partial charge in [0.1, 0.15) is 18.3 Å². The van der Waals surface area contributed by atoms with Gasteiger partial charge >= 0.3 is 10.4 Å². The van der Waals surface area contributed by atoms with E-state index in [0.29, 0.717) is 25.2 Å². The van der Waals surface area contributed by atoms with E-state index in [4.69, 9.17) is 14.0 Å². The number of aliphatic hydroxyl groups excluding tert-OH is 4. The molecule has 0 aromatic rings. The maximum absolute atomic E-state index is 11.2. The summed E-state index contributed by atoms with van der Waals surface area (Å²) in [5, 5.41) is 42.7. The summed E-state index contributed by atoms with van der Waals surface area (Å²) in [6.07, 6.45) is -0.0844. The van der Waals surface area contributed by atoms with Gasteiger partial charge in [-0.15, -0.1) is 0 Å². The van der Waals surface area contributed by atoms with Gasteiger partial charge in [-0.2, -0.15) is 8.42 Å². The fourth-order valence-corrected chi connectivity index (χ4v) is 9.62. The number of hydrogen-bond donors (Lipinski definition) is 5. The van der Waals surface area contributed by atoms with Gasteiger partial charge < -0.3 is 29.9 Å². The quantitative estimate of drug-likeness (QED) is 0.248. The van der Waals surface area contributed by atoms with E-state index < -0.39 is 47.2 Å². The van der Waals surface area contributed by atoms with Crippen LogP contribution in [-0.4, -0.2) is 82.4 Å². The van der Waals surface area contributed by atoms with Crippen molar-refractivity contribution >= 4 is 10.4 Å². The molecule has 5 aliphatic rings. The standard InChI is InChI=1S/C27H44O10S/c1-13(28)17-5-6-18-16-12-21(36-25-23(31)22(30)24(14(2)35-25)37-38(32,33)34)20-11-15(29)7-9-27(20,4)19(16)8-10-26(17,18)3/h8,13-18,20-25,28-31H,5-7,9-12H2,1-4H3,(H,32,33,34)/t13-,14-,15-,16-,17+,18-,20+,21-,22+,23-,24+,25+,26+,27+/m0/s1. The minimum absolute atomic E-state index is 0.0177. The van der Waals surface area contributed by atoms with Gasteiger partial charge in [-0.3, -0.25) is 4.55 Å². The first-order chi connectivity index (χ1) is 17.7. The van der Waals surface area contributed by atoms with Gasteiger partial charge in [0, 0.05) is 0 Å². The Morgan fingerprint density at radius 1 is 1.08 bits per heavy atom. The Labute approximate surface area is 225 Å². The molecule has 0 spiro atoms. The molecule has 0 aromatic heterocycles. The molecule has 3 saturated carbocycles. The Kier molecular flexibility index (Phi) is 7.62. The fourth-order valence-electron chi connectivity index (χ4n) is 9.07. The molecule has 5 rings (SSSR count). The highest BCUT2D eigenvalue weighted by molar-refractivity contribution is 7.80. The Balaban J connectivity index is 1.43. The summed E-state index contributed by atoms with van der Waals surface area (Å²) < 4.78 is 48.4. The number of allylic oxidation sites excluding steroid dienone is 2. The van der Waals surface area contributed by atoms with E-state index >= 15 is 0 Å². The third kappa shape index (κ3) is 4.79. The van der Waals surface area contributed by atoms with Crippen LogP contribution in [0.15, 0.2) is 11.6 Å². The number of hydrogen-bond acceptors (Lipinski definition) is 9. The zero-order valence-corrected chi connectivity index (χ0v) is 23.5. The second-order valence-corrected chi connectivity index (χ2v) is 14.1. The maximum atomic E-state index is 11.2. The SMILES string of the molecule is C[C@H](O)[C@H]1CC[C@H]2[C@@H]3C[C@H](O[C@H]4O[C@@H](C)[C@@H](OS(=O)(=O)O)[C@H](O)[C@@H]4O)[C@H]4C[C@@H](O)CC[C@]4(C)C3=CC[C@]12C. The van der Waals surface area contributed by atoms with E-state index in [1.165, 1.54) is 12.5 Å². The highest BCUT2D eigenvalue weighted by Crippen LogP contribution is 2.66. The predicted octanol–water partition coefficient (Wildman–Crippen LogP) is 1.96. The zero-order chi connectivity index (χ0) is 27.8. The van der Waals surface area contributed by atoms with E-state index in [-0.39, 0.29) is 40.8 Å². The Morgan fingerprint density at radius 3 is 2.45 bits per heavy atom. The van der Waals surface area contributed by atoms with Crippen LogP contribution in [0.1, 0.15) is 72.6 Å². The van der Waals surface area contributed by atoms with E-state index in [1.807, 2.05) is 6.92 Å². The van der Waals surface area contributed by atoms with Crippen LogP contribution in [0.3, 0.4) is 0 Å².